The highest BCUT2D eigenvalue weighted by Crippen LogP contribution is 2.17. The van der Waals surface area contributed by atoms with E-state index in [0.717, 1.165) is 12.1 Å². The maximum Gasteiger partial charge on any atom is 0.220 e. The second-order valence-corrected chi connectivity index (χ2v) is 4.87. The van der Waals surface area contributed by atoms with Gasteiger partial charge in [0.1, 0.15) is 12.4 Å². The summed E-state index contributed by atoms with van der Waals surface area (Å²) >= 11 is 0. The van der Waals surface area contributed by atoms with Gasteiger partial charge in [-0.15, -0.1) is 0 Å². The first kappa shape index (κ1) is 16.4. The van der Waals surface area contributed by atoms with Crippen LogP contribution in [0.1, 0.15) is 26.7 Å². The molecule has 20 heavy (non-hydrogen) atoms. The summed E-state index contributed by atoms with van der Waals surface area (Å²) in [6, 6.07) is 2.78. The molecule has 0 spiro atoms. The van der Waals surface area contributed by atoms with Crippen LogP contribution in [-0.4, -0.2) is 24.6 Å². The van der Waals surface area contributed by atoms with E-state index in [9.17, 15) is 13.6 Å². The Bertz CT molecular complexity index is 453. The summed E-state index contributed by atoms with van der Waals surface area (Å²) in [6.45, 7) is 3.68. The van der Waals surface area contributed by atoms with Crippen molar-refractivity contribution in [2.24, 2.45) is 5.73 Å². The summed E-state index contributed by atoms with van der Waals surface area (Å²) in [5.74, 6) is -1.59. The van der Waals surface area contributed by atoms with E-state index in [1.807, 2.05) is 6.92 Å². The topological polar surface area (TPSA) is 64.4 Å². The fraction of sp³-hybridized carbons (Fsp3) is 0.500. The van der Waals surface area contributed by atoms with Crippen molar-refractivity contribution >= 4 is 5.91 Å². The van der Waals surface area contributed by atoms with E-state index in [-0.39, 0.29) is 30.3 Å². The Morgan fingerprint density at radius 1 is 1.40 bits per heavy atom. The lowest BCUT2D eigenvalue weighted by Crippen LogP contribution is -2.37. The third-order valence-corrected chi connectivity index (χ3v) is 2.62. The van der Waals surface area contributed by atoms with Crippen molar-refractivity contribution in [1.82, 2.24) is 5.32 Å². The molecule has 1 aromatic carbocycles. The number of amides is 1. The van der Waals surface area contributed by atoms with Crippen molar-refractivity contribution in [1.29, 1.82) is 0 Å². The second kappa shape index (κ2) is 7.79. The molecule has 3 N–H and O–H groups in total. The van der Waals surface area contributed by atoms with Crippen LogP contribution in [0, 0.1) is 11.6 Å². The number of hydrogen-bond donors (Lipinski definition) is 2. The highest BCUT2D eigenvalue weighted by molar-refractivity contribution is 5.76. The number of ether oxygens (including phenoxy) is 1. The Labute approximate surface area is 117 Å². The zero-order chi connectivity index (χ0) is 15.1. The Balaban J connectivity index is 2.35. The number of halogens is 2. The van der Waals surface area contributed by atoms with Crippen LogP contribution in [0.2, 0.25) is 0 Å². The molecule has 0 aliphatic carbocycles. The fourth-order valence-electron chi connectivity index (χ4n) is 1.55. The van der Waals surface area contributed by atoms with Crippen LogP contribution in [0.4, 0.5) is 8.78 Å². The number of rotatable bonds is 7. The molecule has 1 aromatic rings. The van der Waals surface area contributed by atoms with Crippen molar-refractivity contribution in [3.63, 3.8) is 0 Å². The molecule has 6 heteroatoms. The van der Waals surface area contributed by atoms with Crippen LogP contribution >= 0.6 is 0 Å². The van der Waals surface area contributed by atoms with Gasteiger partial charge in [0.2, 0.25) is 5.91 Å². The molecule has 2 atom stereocenters. The van der Waals surface area contributed by atoms with Crippen molar-refractivity contribution in [3.8, 4) is 5.75 Å². The molecule has 0 saturated heterocycles. The molecule has 0 fully saturated rings. The van der Waals surface area contributed by atoms with Gasteiger partial charge in [0.15, 0.2) is 11.6 Å². The number of benzene rings is 1. The fourth-order valence-corrected chi connectivity index (χ4v) is 1.55. The van der Waals surface area contributed by atoms with Gasteiger partial charge < -0.3 is 15.8 Å². The lowest BCUT2D eigenvalue weighted by Gasteiger charge is -2.15. The zero-order valence-electron chi connectivity index (χ0n) is 11.7. The second-order valence-electron chi connectivity index (χ2n) is 4.87. The number of carbonyl (C=O) groups is 1. The number of nitrogens with one attached hydrogen (secondary N) is 1. The molecule has 0 heterocycles. The molecule has 1 amide bonds. The number of carbonyl (C=O) groups excluding carboxylic acids is 1. The van der Waals surface area contributed by atoms with Crippen LogP contribution in [-0.2, 0) is 4.79 Å². The minimum absolute atomic E-state index is 0.0272. The van der Waals surface area contributed by atoms with Gasteiger partial charge in [-0.2, -0.15) is 0 Å². The Morgan fingerprint density at radius 2 is 2.10 bits per heavy atom. The van der Waals surface area contributed by atoms with E-state index in [1.54, 1.807) is 6.92 Å². The van der Waals surface area contributed by atoms with Gasteiger partial charge in [-0.3, -0.25) is 4.79 Å². The molecule has 2 unspecified atom stereocenters. The van der Waals surface area contributed by atoms with Gasteiger partial charge in [-0.1, -0.05) is 0 Å². The molecule has 0 aliphatic heterocycles. The summed E-state index contributed by atoms with van der Waals surface area (Å²) in [4.78, 5) is 11.5. The minimum atomic E-state index is -0.763. The van der Waals surface area contributed by atoms with Crippen LogP contribution in [0.15, 0.2) is 18.2 Å². The van der Waals surface area contributed by atoms with Gasteiger partial charge in [0.25, 0.3) is 0 Å². The standard InChI is InChI=1S/C14H20F2N2O2/c1-9(17)3-6-14(19)18-10(2)8-20-13-5-4-11(15)7-12(13)16/h4-5,7,9-10H,3,6,8,17H2,1-2H3,(H,18,19). The summed E-state index contributed by atoms with van der Waals surface area (Å²) in [5.41, 5.74) is 5.56. The van der Waals surface area contributed by atoms with Gasteiger partial charge in [0.05, 0.1) is 6.04 Å². The molecule has 0 aromatic heterocycles. The molecule has 0 saturated carbocycles. The third kappa shape index (κ3) is 5.97. The highest BCUT2D eigenvalue weighted by Gasteiger charge is 2.11. The summed E-state index contributed by atoms with van der Waals surface area (Å²) in [6.07, 6.45) is 0.943. The van der Waals surface area contributed by atoms with E-state index in [1.165, 1.54) is 6.07 Å². The lowest BCUT2D eigenvalue weighted by atomic mass is 10.2. The molecule has 0 aliphatic rings. The van der Waals surface area contributed by atoms with E-state index < -0.39 is 11.6 Å². The van der Waals surface area contributed by atoms with Crippen LogP contribution in [0.25, 0.3) is 0 Å². The lowest BCUT2D eigenvalue weighted by molar-refractivity contribution is -0.122. The van der Waals surface area contributed by atoms with Gasteiger partial charge in [-0.25, -0.2) is 8.78 Å². The van der Waals surface area contributed by atoms with Gasteiger partial charge in [0, 0.05) is 18.5 Å². The first-order valence-corrected chi connectivity index (χ1v) is 6.51. The summed E-state index contributed by atoms with van der Waals surface area (Å²) < 4.78 is 31.2. The zero-order valence-corrected chi connectivity index (χ0v) is 11.7. The van der Waals surface area contributed by atoms with Crippen LogP contribution in [0.5, 0.6) is 5.75 Å². The molecule has 0 bridgehead atoms. The van der Waals surface area contributed by atoms with Gasteiger partial charge >= 0.3 is 0 Å². The third-order valence-electron chi connectivity index (χ3n) is 2.62. The summed E-state index contributed by atoms with van der Waals surface area (Å²) in [7, 11) is 0. The number of nitrogens with two attached hydrogens (primary N) is 1. The molecule has 4 nitrogen and oxygen atoms in total. The molecule has 112 valence electrons. The number of hydrogen-bond acceptors (Lipinski definition) is 3. The minimum Gasteiger partial charge on any atom is -0.488 e. The van der Waals surface area contributed by atoms with E-state index in [4.69, 9.17) is 10.5 Å². The molecular formula is C14H20F2N2O2. The Hall–Kier alpha value is -1.69. The van der Waals surface area contributed by atoms with Crippen LogP contribution < -0.4 is 15.8 Å². The van der Waals surface area contributed by atoms with Crippen molar-refractivity contribution in [2.45, 2.75) is 38.8 Å². The van der Waals surface area contributed by atoms with Crippen molar-refractivity contribution < 1.29 is 18.3 Å². The van der Waals surface area contributed by atoms with E-state index >= 15 is 0 Å². The molecule has 0 radical (unpaired) electrons. The average molecular weight is 286 g/mol. The maximum atomic E-state index is 13.3. The quantitative estimate of drug-likeness (QED) is 0.805. The Morgan fingerprint density at radius 3 is 2.70 bits per heavy atom. The van der Waals surface area contributed by atoms with Crippen molar-refractivity contribution in [2.75, 3.05) is 6.61 Å². The highest BCUT2D eigenvalue weighted by atomic mass is 19.1. The first-order valence-electron chi connectivity index (χ1n) is 6.51. The average Bonchev–Trinajstić information content (AvgIpc) is 2.35. The predicted molar refractivity (Wildman–Crippen MR) is 72.3 cm³/mol. The van der Waals surface area contributed by atoms with Gasteiger partial charge in [-0.05, 0) is 32.4 Å². The summed E-state index contributed by atoms with van der Waals surface area (Å²) in [5, 5.41) is 2.72. The molecule has 1 rings (SSSR count). The van der Waals surface area contributed by atoms with E-state index in [2.05, 4.69) is 5.32 Å². The normalized spacial score (nSPS) is 13.7. The Kier molecular flexibility index (Phi) is 6.38. The SMILES string of the molecule is CC(N)CCC(=O)NC(C)COc1ccc(F)cc1F. The molecular weight excluding hydrogens is 266 g/mol. The maximum absolute atomic E-state index is 13.3. The monoisotopic (exact) mass is 286 g/mol. The van der Waals surface area contributed by atoms with Crippen LogP contribution in [0.3, 0.4) is 0 Å². The van der Waals surface area contributed by atoms with Crippen molar-refractivity contribution in [3.05, 3.63) is 29.8 Å². The smallest absolute Gasteiger partial charge is 0.220 e. The van der Waals surface area contributed by atoms with E-state index in [0.29, 0.717) is 12.8 Å². The predicted octanol–water partition coefficient (Wildman–Crippen LogP) is 1.98. The first-order chi connectivity index (χ1) is 9.38. The largest absolute Gasteiger partial charge is 0.488 e.